The standard InChI is InChI=1S/C20H28N4O3/c1-16-6-4-11-23(16)12-5-13-27-19-9-7-18(8-10-19)24-15-17(14-21-24)20(25)22(2)26-3/h7-10,14-16H,4-6,11-13H2,1-3H3. The van der Waals surface area contributed by atoms with E-state index >= 15 is 0 Å². The van der Waals surface area contributed by atoms with Crippen molar-refractivity contribution in [1.29, 1.82) is 0 Å². The van der Waals surface area contributed by atoms with E-state index in [0.717, 1.165) is 24.4 Å². The molecule has 1 amide bonds. The second-order valence-corrected chi connectivity index (χ2v) is 6.88. The van der Waals surface area contributed by atoms with E-state index in [9.17, 15) is 4.79 Å². The summed E-state index contributed by atoms with van der Waals surface area (Å²) in [5.41, 5.74) is 1.34. The number of aromatic nitrogens is 2. The SMILES string of the molecule is CON(C)C(=O)c1cnn(-c2ccc(OCCCN3CCCC3C)cc2)c1. The van der Waals surface area contributed by atoms with Crippen LogP contribution in [0.5, 0.6) is 5.75 Å². The molecule has 3 rings (SSSR count). The number of ether oxygens (including phenoxy) is 1. The average molecular weight is 372 g/mol. The lowest BCUT2D eigenvalue weighted by Crippen LogP contribution is -2.28. The van der Waals surface area contributed by atoms with Crippen molar-refractivity contribution >= 4 is 5.91 Å². The van der Waals surface area contributed by atoms with E-state index in [0.29, 0.717) is 18.2 Å². The number of nitrogens with zero attached hydrogens (tertiary/aromatic N) is 4. The van der Waals surface area contributed by atoms with E-state index in [4.69, 9.17) is 9.57 Å². The molecule has 1 aliphatic heterocycles. The first-order valence-corrected chi connectivity index (χ1v) is 9.42. The van der Waals surface area contributed by atoms with Gasteiger partial charge in [0.05, 0.1) is 31.2 Å². The molecule has 1 aliphatic rings. The first kappa shape index (κ1) is 19.4. The fourth-order valence-electron chi connectivity index (χ4n) is 3.32. The molecule has 27 heavy (non-hydrogen) atoms. The molecule has 1 atom stereocenters. The number of hydroxylamine groups is 2. The van der Waals surface area contributed by atoms with Gasteiger partial charge in [-0.2, -0.15) is 5.10 Å². The van der Waals surface area contributed by atoms with E-state index in [1.165, 1.54) is 37.8 Å². The first-order chi connectivity index (χ1) is 13.1. The Morgan fingerprint density at radius 2 is 2.11 bits per heavy atom. The summed E-state index contributed by atoms with van der Waals surface area (Å²) in [5, 5.41) is 5.42. The molecular weight excluding hydrogens is 344 g/mol. The molecule has 0 bridgehead atoms. The average Bonchev–Trinajstić information content (AvgIpc) is 3.34. The minimum Gasteiger partial charge on any atom is -0.494 e. The Morgan fingerprint density at radius 3 is 2.78 bits per heavy atom. The molecule has 1 unspecified atom stereocenters. The number of rotatable bonds is 8. The lowest BCUT2D eigenvalue weighted by Gasteiger charge is -2.20. The van der Waals surface area contributed by atoms with Crippen molar-refractivity contribution in [3.8, 4) is 11.4 Å². The molecule has 0 spiro atoms. The summed E-state index contributed by atoms with van der Waals surface area (Å²) < 4.78 is 7.51. The summed E-state index contributed by atoms with van der Waals surface area (Å²) in [5.74, 6) is 0.604. The van der Waals surface area contributed by atoms with Crippen LogP contribution in [0, 0.1) is 0 Å². The number of hydrogen-bond acceptors (Lipinski definition) is 5. The highest BCUT2D eigenvalue weighted by atomic mass is 16.7. The summed E-state index contributed by atoms with van der Waals surface area (Å²) in [6, 6.07) is 8.42. The van der Waals surface area contributed by atoms with Gasteiger partial charge in [0.1, 0.15) is 5.75 Å². The van der Waals surface area contributed by atoms with Crippen molar-refractivity contribution in [2.75, 3.05) is 33.9 Å². The lowest BCUT2D eigenvalue weighted by atomic mass is 10.2. The van der Waals surface area contributed by atoms with Crippen LogP contribution in [-0.2, 0) is 4.84 Å². The molecule has 0 saturated carbocycles. The summed E-state index contributed by atoms with van der Waals surface area (Å²) in [6.45, 7) is 5.32. The maximum Gasteiger partial charge on any atom is 0.280 e. The molecule has 2 aromatic rings. The van der Waals surface area contributed by atoms with Crippen LogP contribution in [-0.4, -0.2) is 65.5 Å². The molecule has 0 aliphatic carbocycles. The Balaban J connectivity index is 1.50. The third kappa shape index (κ3) is 4.87. The second-order valence-electron chi connectivity index (χ2n) is 6.88. The molecule has 1 saturated heterocycles. The Hall–Kier alpha value is -2.38. The maximum absolute atomic E-state index is 12.1. The highest BCUT2D eigenvalue weighted by Gasteiger charge is 2.19. The number of carbonyl (C=O) groups excluding carboxylic acids is 1. The van der Waals surface area contributed by atoms with Crippen LogP contribution in [0.4, 0.5) is 0 Å². The van der Waals surface area contributed by atoms with Crippen LogP contribution >= 0.6 is 0 Å². The van der Waals surface area contributed by atoms with E-state index in [2.05, 4.69) is 16.9 Å². The van der Waals surface area contributed by atoms with Crippen LogP contribution in [0.2, 0.25) is 0 Å². The minimum absolute atomic E-state index is 0.240. The quantitative estimate of drug-likeness (QED) is 0.527. The van der Waals surface area contributed by atoms with Crippen molar-refractivity contribution in [2.24, 2.45) is 0 Å². The highest BCUT2D eigenvalue weighted by Crippen LogP contribution is 2.18. The molecule has 1 fully saturated rings. The van der Waals surface area contributed by atoms with Gasteiger partial charge in [-0.25, -0.2) is 9.75 Å². The molecule has 1 aromatic heterocycles. The summed E-state index contributed by atoms with van der Waals surface area (Å²) in [7, 11) is 3.02. The number of carbonyl (C=O) groups is 1. The summed E-state index contributed by atoms with van der Waals surface area (Å²) in [6.07, 6.45) is 6.87. The Labute approximate surface area is 160 Å². The Kier molecular flexibility index (Phi) is 6.47. The highest BCUT2D eigenvalue weighted by molar-refractivity contribution is 5.92. The van der Waals surface area contributed by atoms with Crippen molar-refractivity contribution in [2.45, 2.75) is 32.2 Å². The molecule has 7 heteroatoms. The molecule has 7 nitrogen and oxygen atoms in total. The van der Waals surface area contributed by atoms with Crippen molar-refractivity contribution in [3.63, 3.8) is 0 Å². The predicted octanol–water partition coefficient (Wildman–Crippen LogP) is 2.76. The number of amides is 1. The Morgan fingerprint density at radius 1 is 1.33 bits per heavy atom. The van der Waals surface area contributed by atoms with Gasteiger partial charge in [-0.05, 0) is 57.0 Å². The first-order valence-electron chi connectivity index (χ1n) is 9.42. The normalized spacial score (nSPS) is 17.2. The van der Waals surface area contributed by atoms with Gasteiger partial charge >= 0.3 is 0 Å². The van der Waals surface area contributed by atoms with Gasteiger partial charge in [0, 0.05) is 25.8 Å². The predicted molar refractivity (Wildman–Crippen MR) is 103 cm³/mol. The molecule has 2 heterocycles. The van der Waals surface area contributed by atoms with Gasteiger partial charge in [-0.3, -0.25) is 9.63 Å². The van der Waals surface area contributed by atoms with Crippen LogP contribution in [0.1, 0.15) is 36.5 Å². The fourth-order valence-corrected chi connectivity index (χ4v) is 3.32. The molecule has 146 valence electrons. The molecule has 1 aromatic carbocycles. The summed E-state index contributed by atoms with van der Waals surface area (Å²) >= 11 is 0. The van der Waals surface area contributed by atoms with E-state index in [1.54, 1.807) is 17.9 Å². The van der Waals surface area contributed by atoms with Gasteiger partial charge in [0.2, 0.25) is 0 Å². The Bertz CT molecular complexity index is 744. The van der Waals surface area contributed by atoms with Gasteiger partial charge in [-0.15, -0.1) is 0 Å². The third-order valence-electron chi connectivity index (χ3n) is 5.04. The van der Waals surface area contributed by atoms with E-state index in [1.807, 2.05) is 24.3 Å². The van der Waals surface area contributed by atoms with Gasteiger partial charge in [0.25, 0.3) is 5.91 Å². The monoisotopic (exact) mass is 372 g/mol. The van der Waals surface area contributed by atoms with Gasteiger partial charge < -0.3 is 9.64 Å². The fraction of sp³-hybridized carbons (Fsp3) is 0.500. The molecular formula is C20H28N4O3. The second kappa shape index (κ2) is 9.01. The zero-order valence-electron chi connectivity index (χ0n) is 16.3. The van der Waals surface area contributed by atoms with Crippen molar-refractivity contribution < 1.29 is 14.4 Å². The van der Waals surface area contributed by atoms with Gasteiger partial charge in [0.15, 0.2) is 0 Å². The number of likely N-dealkylation sites (tertiary alicyclic amines) is 1. The largest absolute Gasteiger partial charge is 0.494 e. The third-order valence-corrected chi connectivity index (χ3v) is 5.04. The zero-order valence-corrected chi connectivity index (χ0v) is 16.3. The van der Waals surface area contributed by atoms with Crippen LogP contribution in [0.15, 0.2) is 36.7 Å². The maximum atomic E-state index is 12.1. The minimum atomic E-state index is -0.240. The van der Waals surface area contributed by atoms with Crippen LogP contribution < -0.4 is 4.74 Å². The molecule has 0 N–H and O–H groups in total. The molecule has 0 radical (unpaired) electrons. The zero-order chi connectivity index (χ0) is 19.2. The van der Waals surface area contributed by atoms with Crippen molar-refractivity contribution in [3.05, 3.63) is 42.2 Å². The lowest BCUT2D eigenvalue weighted by molar-refractivity contribution is -0.0757. The topological polar surface area (TPSA) is 59.8 Å². The van der Waals surface area contributed by atoms with E-state index < -0.39 is 0 Å². The summed E-state index contributed by atoms with van der Waals surface area (Å²) in [4.78, 5) is 19.5. The van der Waals surface area contributed by atoms with Crippen molar-refractivity contribution in [1.82, 2.24) is 19.7 Å². The number of benzene rings is 1. The van der Waals surface area contributed by atoms with Gasteiger partial charge in [-0.1, -0.05) is 0 Å². The number of hydrogen-bond donors (Lipinski definition) is 0. The smallest absolute Gasteiger partial charge is 0.280 e. The van der Waals surface area contributed by atoms with Crippen LogP contribution in [0.3, 0.4) is 0 Å². The van der Waals surface area contributed by atoms with E-state index in [-0.39, 0.29) is 5.91 Å². The van der Waals surface area contributed by atoms with Crippen LogP contribution in [0.25, 0.3) is 5.69 Å².